The molecule has 0 atom stereocenters. The first-order valence-electron chi connectivity index (χ1n) is 7.16. The second-order valence-corrected chi connectivity index (χ2v) is 6.07. The fourth-order valence-corrected chi connectivity index (χ4v) is 2.87. The highest BCUT2D eigenvalue weighted by Crippen LogP contribution is 2.27. The van der Waals surface area contributed by atoms with Gasteiger partial charge < -0.3 is 4.42 Å². The molecule has 26 heavy (non-hydrogen) atoms. The van der Waals surface area contributed by atoms with Gasteiger partial charge in [0.1, 0.15) is 5.69 Å². The Morgan fingerprint density at radius 1 is 1.08 bits per heavy atom. The minimum atomic E-state index is -4.85. The molecule has 3 rings (SSSR count). The summed E-state index contributed by atoms with van der Waals surface area (Å²) in [6, 6.07) is 3.17. The lowest BCUT2D eigenvalue weighted by atomic mass is 10.2. The van der Waals surface area contributed by atoms with Crippen molar-refractivity contribution >= 4 is 22.7 Å². The maximum Gasteiger partial charge on any atom is 0.431 e. The number of hydrogen-bond donors (Lipinski definition) is 0. The highest BCUT2D eigenvalue weighted by molar-refractivity contribution is 6.31. The number of oxazole rings is 1. The minimum absolute atomic E-state index is 0.0933. The summed E-state index contributed by atoms with van der Waals surface area (Å²) in [6.07, 6.45) is -4.85. The van der Waals surface area contributed by atoms with Gasteiger partial charge in [0.05, 0.1) is 12.1 Å². The average molecular weight is 390 g/mol. The van der Waals surface area contributed by atoms with Crippen LogP contribution < -0.4 is 17.0 Å². The van der Waals surface area contributed by atoms with Gasteiger partial charge in [-0.3, -0.25) is 18.5 Å². The molecule has 0 amide bonds. The first-order chi connectivity index (χ1) is 12.0. The van der Waals surface area contributed by atoms with Gasteiger partial charge in [0.15, 0.2) is 5.58 Å². The standard InChI is InChI=1S/C15H11ClF3N3O4/c1-20-9-4-8(16)3-7(12(9)26-14(20)25)6-22-11(23)5-10(15(17,18)19)21(2)13(22)24/h3-5H,6H2,1-2H3. The number of halogens is 4. The molecule has 0 radical (unpaired) electrons. The number of rotatable bonds is 2. The van der Waals surface area contributed by atoms with Crippen LogP contribution in [0.2, 0.25) is 5.02 Å². The molecule has 138 valence electrons. The summed E-state index contributed by atoms with van der Waals surface area (Å²) < 4.78 is 45.9. The molecule has 3 aromatic rings. The van der Waals surface area contributed by atoms with Crippen LogP contribution in [0.25, 0.3) is 11.1 Å². The van der Waals surface area contributed by atoms with Gasteiger partial charge in [0, 0.05) is 30.7 Å². The molecule has 0 saturated heterocycles. The van der Waals surface area contributed by atoms with Gasteiger partial charge in [-0.05, 0) is 12.1 Å². The number of aryl methyl sites for hydroxylation is 1. The summed E-state index contributed by atoms with van der Waals surface area (Å²) >= 11 is 5.99. The minimum Gasteiger partial charge on any atom is -0.407 e. The Balaban J connectivity index is 2.23. The molecular weight excluding hydrogens is 379 g/mol. The lowest BCUT2D eigenvalue weighted by Gasteiger charge is -2.14. The van der Waals surface area contributed by atoms with Gasteiger partial charge in [-0.25, -0.2) is 9.59 Å². The Bertz CT molecular complexity index is 1200. The van der Waals surface area contributed by atoms with Gasteiger partial charge in [-0.2, -0.15) is 13.2 Å². The van der Waals surface area contributed by atoms with E-state index in [2.05, 4.69) is 0 Å². The number of fused-ring (bicyclic) bond motifs is 1. The van der Waals surface area contributed by atoms with Gasteiger partial charge in [-0.15, -0.1) is 0 Å². The predicted molar refractivity (Wildman–Crippen MR) is 86.5 cm³/mol. The molecule has 11 heteroatoms. The van der Waals surface area contributed by atoms with Crippen molar-refractivity contribution in [3.05, 3.63) is 65.9 Å². The number of aromatic nitrogens is 3. The van der Waals surface area contributed by atoms with Crippen LogP contribution in [0, 0.1) is 0 Å². The number of hydrogen-bond acceptors (Lipinski definition) is 4. The zero-order valence-corrected chi connectivity index (χ0v) is 14.2. The third-order valence-corrected chi connectivity index (χ3v) is 4.18. The van der Waals surface area contributed by atoms with E-state index < -0.39 is 35.4 Å². The maximum atomic E-state index is 12.9. The van der Waals surface area contributed by atoms with E-state index in [1.54, 1.807) is 0 Å². The topological polar surface area (TPSA) is 79.1 Å². The number of alkyl halides is 3. The highest BCUT2D eigenvalue weighted by Gasteiger charge is 2.35. The van der Waals surface area contributed by atoms with Crippen molar-refractivity contribution in [3.63, 3.8) is 0 Å². The second kappa shape index (κ2) is 5.90. The summed E-state index contributed by atoms with van der Waals surface area (Å²) in [7, 11) is 2.36. The second-order valence-electron chi connectivity index (χ2n) is 5.63. The monoisotopic (exact) mass is 389 g/mol. The highest BCUT2D eigenvalue weighted by atomic mass is 35.5. The molecule has 0 aliphatic heterocycles. The fourth-order valence-electron chi connectivity index (χ4n) is 2.63. The van der Waals surface area contributed by atoms with Crippen molar-refractivity contribution in [3.8, 4) is 0 Å². The summed E-state index contributed by atoms with van der Waals surface area (Å²) in [5.41, 5.74) is -3.01. The van der Waals surface area contributed by atoms with Crippen molar-refractivity contribution in [1.82, 2.24) is 13.7 Å². The van der Waals surface area contributed by atoms with Gasteiger partial charge in [0.2, 0.25) is 0 Å². The predicted octanol–water partition coefficient (Wildman–Crippen LogP) is 1.71. The summed E-state index contributed by atoms with van der Waals surface area (Å²) in [5.74, 6) is -0.684. The van der Waals surface area contributed by atoms with Crippen LogP contribution in [0.4, 0.5) is 13.2 Å². The van der Waals surface area contributed by atoms with E-state index in [-0.39, 0.29) is 16.2 Å². The molecule has 0 aliphatic rings. The molecule has 0 spiro atoms. The van der Waals surface area contributed by atoms with E-state index in [9.17, 15) is 27.6 Å². The molecule has 0 aliphatic carbocycles. The molecule has 7 nitrogen and oxygen atoms in total. The number of nitrogens with zero attached hydrogens (tertiary/aromatic N) is 3. The molecule has 0 bridgehead atoms. The largest absolute Gasteiger partial charge is 0.431 e. The van der Waals surface area contributed by atoms with Crippen molar-refractivity contribution in [2.75, 3.05) is 0 Å². The molecule has 2 aromatic heterocycles. The van der Waals surface area contributed by atoms with Crippen LogP contribution in [0.5, 0.6) is 0 Å². The zero-order valence-electron chi connectivity index (χ0n) is 13.4. The molecule has 0 saturated carbocycles. The van der Waals surface area contributed by atoms with Gasteiger partial charge in [-0.1, -0.05) is 11.6 Å². The van der Waals surface area contributed by atoms with Crippen LogP contribution in [0.15, 0.2) is 37.0 Å². The van der Waals surface area contributed by atoms with E-state index in [1.807, 2.05) is 0 Å². The Morgan fingerprint density at radius 3 is 2.35 bits per heavy atom. The van der Waals surface area contributed by atoms with Crippen molar-refractivity contribution in [2.24, 2.45) is 14.1 Å². The van der Waals surface area contributed by atoms with E-state index >= 15 is 0 Å². The van der Waals surface area contributed by atoms with Crippen LogP contribution in [-0.2, 0) is 26.8 Å². The molecule has 0 N–H and O–H groups in total. The third kappa shape index (κ3) is 2.85. The third-order valence-electron chi connectivity index (χ3n) is 3.96. The molecule has 1 aromatic carbocycles. The van der Waals surface area contributed by atoms with Crippen molar-refractivity contribution in [2.45, 2.75) is 12.7 Å². The smallest absolute Gasteiger partial charge is 0.407 e. The van der Waals surface area contributed by atoms with Crippen LogP contribution in [-0.4, -0.2) is 13.7 Å². The van der Waals surface area contributed by atoms with E-state index in [0.29, 0.717) is 20.7 Å². The lowest BCUT2D eigenvalue weighted by Crippen LogP contribution is -2.41. The maximum absolute atomic E-state index is 12.9. The Labute approximate surface area is 147 Å². The number of benzene rings is 1. The Morgan fingerprint density at radius 2 is 1.73 bits per heavy atom. The lowest BCUT2D eigenvalue weighted by molar-refractivity contribution is -0.144. The molecular formula is C15H11ClF3N3O4. The van der Waals surface area contributed by atoms with Crippen LogP contribution in [0.3, 0.4) is 0 Å². The molecule has 0 fully saturated rings. The average Bonchev–Trinajstić information content (AvgIpc) is 2.82. The first-order valence-corrected chi connectivity index (χ1v) is 7.54. The molecule has 0 unspecified atom stereocenters. The van der Waals surface area contributed by atoms with Crippen LogP contribution in [0.1, 0.15) is 11.3 Å². The van der Waals surface area contributed by atoms with Gasteiger partial charge in [0.25, 0.3) is 5.56 Å². The first kappa shape index (κ1) is 18.1. The summed E-state index contributed by atoms with van der Waals surface area (Å²) in [5, 5.41) is 0.209. The van der Waals surface area contributed by atoms with Gasteiger partial charge >= 0.3 is 17.6 Å². The SMILES string of the molecule is Cn1c(C(F)(F)F)cc(=O)n(Cc2cc(Cl)cc3c2oc(=O)n3C)c1=O. The Hall–Kier alpha value is -2.75. The van der Waals surface area contributed by atoms with Crippen molar-refractivity contribution in [1.29, 1.82) is 0 Å². The fraction of sp³-hybridized carbons (Fsp3) is 0.267. The van der Waals surface area contributed by atoms with Crippen LogP contribution >= 0.6 is 11.6 Å². The quantitative estimate of drug-likeness (QED) is 0.668. The molecule has 2 heterocycles. The van der Waals surface area contributed by atoms with E-state index in [0.717, 1.165) is 7.05 Å². The Kier molecular flexibility index (Phi) is 4.10. The summed E-state index contributed by atoms with van der Waals surface area (Å²) in [4.78, 5) is 36.0. The zero-order chi connectivity index (χ0) is 19.4. The van der Waals surface area contributed by atoms with E-state index in [4.69, 9.17) is 16.0 Å². The van der Waals surface area contributed by atoms with E-state index in [1.165, 1.54) is 23.7 Å². The van der Waals surface area contributed by atoms with Crippen molar-refractivity contribution < 1.29 is 17.6 Å². The summed E-state index contributed by atoms with van der Waals surface area (Å²) in [6.45, 7) is -0.409. The normalized spacial score (nSPS) is 12.1.